The minimum absolute atomic E-state index is 0.0218. The van der Waals surface area contributed by atoms with Crippen LogP contribution in [0.3, 0.4) is 0 Å². The van der Waals surface area contributed by atoms with Gasteiger partial charge in [-0.2, -0.15) is 0 Å². The van der Waals surface area contributed by atoms with Crippen molar-refractivity contribution in [2.24, 2.45) is 0 Å². The molecule has 0 spiro atoms. The topological polar surface area (TPSA) is 97.7 Å². The average Bonchev–Trinajstić information content (AvgIpc) is 3.07. The Morgan fingerprint density at radius 3 is 2.36 bits per heavy atom. The lowest BCUT2D eigenvalue weighted by Crippen LogP contribution is -2.46. The van der Waals surface area contributed by atoms with Crippen molar-refractivity contribution in [2.75, 3.05) is 22.5 Å². The summed E-state index contributed by atoms with van der Waals surface area (Å²) in [7, 11) is -3.75. The number of nitrogens with one attached hydrogen (secondary N) is 1. The van der Waals surface area contributed by atoms with Crippen LogP contribution < -0.4 is 19.2 Å². The minimum Gasteiger partial charge on any atom is -0.494 e. The summed E-state index contributed by atoms with van der Waals surface area (Å²) in [4.78, 5) is 25.4. The summed E-state index contributed by atoms with van der Waals surface area (Å²) in [5.41, 5.74) is 1.69. The molecule has 0 unspecified atom stereocenters. The Morgan fingerprint density at radius 2 is 1.82 bits per heavy atom. The number of ether oxygens (including phenoxy) is 1. The van der Waals surface area contributed by atoms with Gasteiger partial charge in [0, 0.05) is 11.7 Å². The van der Waals surface area contributed by atoms with Crippen LogP contribution in [-0.4, -0.2) is 37.8 Å². The van der Waals surface area contributed by atoms with Crippen molar-refractivity contribution in [3.8, 4) is 5.75 Å². The normalized spacial score (nSPS) is 12.7. The highest BCUT2D eigenvalue weighted by Crippen LogP contribution is 2.27. The molecule has 1 atom stereocenters. The predicted molar refractivity (Wildman–Crippen MR) is 134 cm³/mol. The highest BCUT2D eigenvalue weighted by Gasteiger charge is 2.31. The van der Waals surface area contributed by atoms with E-state index in [1.165, 1.54) is 0 Å². The first-order valence-corrected chi connectivity index (χ1v) is 13.4. The van der Waals surface area contributed by atoms with Crippen molar-refractivity contribution in [2.45, 2.75) is 46.2 Å². The van der Waals surface area contributed by atoms with Crippen molar-refractivity contribution in [1.82, 2.24) is 4.57 Å². The van der Waals surface area contributed by atoms with Crippen molar-refractivity contribution in [3.63, 3.8) is 0 Å². The van der Waals surface area contributed by atoms with E-state index in [2.05, 4.69) is 5.32 Å². The first-order valence-electron chi connectivity index (χ1n) is 10.7. The molecule has 10 heteroatoms. The summed E-state index contributed by atoms with van der Waals surface area (Å²) in [5, 5.41) is 2.82. The van der Waals surface area contributed by atoms with Crippen LogP contribution in [0.5, 0.6) is 5.75 Å². The number of benzene rings is 2. The van der Waals surface area contributed by atoms with E-state index >= 15 is 0 Å². The van der Waals surface area contributed by atoms with E-state index in [1.807, 2.05) is 20.8 Å². The van der Waals surface area contributed by atoms with Crippen LogP contribution in [0.25, 0.3) is 10.2 Å². The number of fused-ring (bicyclic) bond motifs is 1. The van der Waals surface area contributed by atoms with Crippen LogP contribution in [0, 0.1) is 0 Å². The fourth-order valence-electron chi connectivity index (χ4n) is 3.75. The summed E-state index contributed by atoms with van der Waals surface area (Å²) in [6.45, 7) is 8.00. The SMILES string of the molecule is CCOc1ccc(N([C@@H](CC)C(=O)Nc2ccc3c(c2)sc(=O)n3C(C)C)S(C)(=O)=O)cc1. The Kier molecular flexibility index (Phi) is 7.48. The van der Waals surface area contributed by atoms with Gasteiger partial charge in [-0.05, 0) is 69.7 Å². The molecule has 1 aromatic heterocycles. The molecule has 0 saturated heterocycles. The lowest BCUT2D eigenvalue weighted by atomic mass is 10.1. The number of hydrogen-bond acceptors (Lipinski definition) is 6. The third-order valence-corrected chi connectivity index (χ3v) is 7.23. The summed E-state index contributed by atoms with van der Waals surface area (Å²) in [5.74, 6) is 0.166. The Balaban J connectivity index is 1.91. The fourth-order valence-corrected chi connectivity index (χ4v) is 6.01. The Labute approximate surface area is 197 Å². The van der Waals surface area contributed by atoms with Gasteiger partial charge in [0.05, 0.1) is 28.8 Å². The van der Waals surface area contributed by atoms with Crippen LogP contribution in [0.1, 0.15) is 40.2 Å². The number of nitrogens with zero attached hydrogens (tertiary/aromatic N) is 2. The number of amides is 1. The van der Waals surface area contributed by atoms with Crippen molar-refractivity contribution in [3.05, 3.63) is 52.1 Å². The molecule has 1 amide bonds. The standard InChI is InChI=1S/C23H29N3O5S2/c1-6-19(26(33(5,29)30)17-9-11-18(12-10-17)31-7-2)22(27)24-16-8-13-20-21(14-16)32-23(28)25(20)15(3)4/h8-15,19H,6-7H2,1-5H3,(H,24,27)/t19-/m0/s1. The van der Waals surface area contributed by atoms with Crippen molar-refractivity contribution in [1.29, 1.82) is 0 Å². The molecule has 0 fully saturated rings. The van der Waals surface area contributed by atoms with E-state index < -0.39 is 22.0 Å². The quantitative estimate of drug-likeness (QED) is 0.483. The van der Waals surface area contributed by atoms with Crippen LogP contribution in [0.15, 0.2) is 47.3 Å². The third-order valence-electron chi connectivity index (χ3n) is 5.13. The van der Waals surface area contributed by atoms with Crippen LogP contribution in [-0.2, 0) is 14.8 Å². The van der Waals surface area contributed by atoms with Gasteiger partial charge >= 0.3 is 4.87 Å². The highest BCUT2D eigenvalue weighted by molar-refractivity contribution is 7.92. The maximum absolute atomic E-state index is 13.2. The number of sulfonamides is 1. The molecule has 3 rings (SSSR count). The molecule has 0 aliphatic carbocycles. The molecule has 3 aromatic rings. The van der Waals surface area contributed by atoms with Gasteiger partial charge in [0.2, 0.25) is 15.9 Å². The van der Waals surface area contributed by atoms with Gasteiger partial charge in [0.15, 0.2) is 0 Å². The van der Waals surface area contributed by atoms with E-state index in [0.717, 1.165) is 32.1 Å². The van der Waals surface area contributed by atoms with Gasteiger partial charge < -0.3 is 10.1 Å². The summed E-state index contributed by atoms with van der Waals surface area (Å²) < 4.78 is 34.3. The Hall–Kier alpha value is -2.85. The van der Waals surface area contributed by atoms with E-state index in [0.29, 0.717) is 23.7 Å². The smallest absolute Gasteiger partial charge is 0.308 e. The van der Waals surface area contributed by atoms with Crippen molar-refractivity contribution < 1.29 is 17.9 Å². The molecule has 2 aromatic carbocycles. The molecule has 33 heavy (non-hydrogen) atoms. The molecule has 1 heterocycles. The first kappa shape index (κ1) is 24.8. The second kappa shape index (κ2) is 9.96. The van der Waals surface area contributed by atoms with Gasteiger partial charge in [0.25, 0.3) is 0 Å². The van der Waals surface area contributed by atoms with Crippen LogP contribution in [0.4, 0.5) is 11.4 Å². The number of carbonyl (C=O) groups is 1. The molecule has 8 nitrogen and oxygen atoms in total. The van der Waals surface area contributed by atoms with E-state index in [9.17, 15) is 18.0 Å². The monoisotopic (exact) mass is 491 g/mol. The molecule has 178 valence electrons. The van der Waals surface area contributed by atoms with Gasteiger partial charge in [0.1, 0.15) is 11.8 Å². The number of aromatic nitrogens is 1. The van der Waals surface area contributed by atoms with Crippen molar-refractivity contribution >= 4 is 48.9 Å². The van der Waals surface area contributed by atoms with E-state index in [4.69, 9.17) is 4.74 Å². The highest BCUT2D eigenvalue weighted by atomic mass is 32.2. The minimum atomic E-state index is -3.75. The largest absolute Gasteiger partial charge is 0.494 e. The average molecular weight is 492 g/mol. The molecule has 1 N–H and O–H groups in total. The second-order valence-corrected chi connectivity index (χ2v) is 10.8. The zero-order chi connectivity index (χ0) is 24.3. The fraction of sp³-hybridized carbons (Fsp3) is 0.391. The molecular formula is C23H29N3O5S2. The van der Waals surface area contributed by atoms with Crippen LogP contribution in [0.2, 0.25) is 0 Å². The van der Waals surface area contributed by atoms with Gasteiger partial charge in [-0.15, -0.1) is 0 Å². The zero-order valence-corrected chi connectivity index (χ0v) is 21.0. The Bertz CT molecular complexity index is 1290. The lowest BCUT2D eigenvalue weighted by Gasteiger charge is -2.30. The zero-order valence-electron chi connectivity index (χ0n) is 19.4. The van der Waals surface area contributed by atoms with Gasteiger partial charge in [-0.25, -0.2) is 8.42 Å². The maximum atomic E-state index is 13.2. The Morgan fingerprint density at radius 1 is 1.15 bits per heavy atom. The molecule has 0 bridgehead atoms. The summed E-state index contributed by atoms with van der Waals surface area (Å²) in [6.07, 6.45) is 1.35. The second-order valence-electron chi connectivity index (χ2n) is 7.91. The van der Waals surface area contributed by atoms with E-state index in [1.54, 1.807) is 54.0 Å². The summed E-state index contributed by atoms with van der Waals surface area (Å²) >= 11 is 1.11. The number of thiazole rings is 1. The number of hydrogen-bond donors (Lipinski definition) is 1. The summed E-state index contributed by atoms with van der Waals surface area (Å²) in [6, 6.07) is 10.9. The first-order chi connectivity index (χ1) is 15.6. The lowest BCUT2D eigenvalue weighted by molar-refractivity contribution is -0.117. The van der Waals surface area contributed by atoms with E-state index in [-0.39, 0.29) is 17.3 Å². The molecular weight excluding hydrogens is 462 g/mol. The van der Waals surface area contributed by atoms with Gasteiger partial charge in [-0.3, -0.25) is 18.5 Å². The maximum Gasteiger partial charge on any atom is 0.308 e. The molecule has 0 aliphatic heterocycles. The van der Waals surface area contributed by atoms with Crippen LogP contribution >= 0.6 is 11.3 Å². The molecule has 0 aliphatic rings. The molecule has 0 saturated carbocycles. The van der Waals surface area contributed by atoms with Gasteiger partial charge in [-0.1, -0.05) is 18.3 Å². The number of anilines is 2. The third kappa shape index (κ3) is 5.39. The predicted octanol–water partition coefficient (Wildman–Crippen LogP) is 4.23. The number of rotatable bonds is 9. The molecule has 0 radical (unpaired) electrons. The number of carbonyl (C=O) groups excluding carboxylic acids is 1.